The Hall–Kier alpha value is -3.49. The quantitative estimate of drug-likeness (QED) is 0.622. The molecule has 1 aromatic heterocycles. The number of ether oxygens (including phenoxy) is 1. The van der Waals surface area contributed by atoms with Gasteiger partial charge in [-0.1, -0.05) is 48.5 Å². The molecule has 3 aromatic rings. The first-order valence-electron chi connectivity index (χ1n) is 11.1. The number of aromatic nitrogens is 2. The van der Waals surface area contributed by atoms with Crippen LogP contribution in [0.15, 0.2) is 60.9 Å². The van der Waals surface area contributed by atoms with E-state index in [2.05, 4.69) is 34.2 Å². The van der Waals surface area contributed by atoms with Crippen LogP contribution in [0, 0.1) is 0 Å². The molecule has 1 amide bonds. The maximum Gasteiger partial charge on any atom is 0.415 e. The molecular weight excluding hydrogens is 418 g/mol. The summed E-state index contributed by atoms with van der Waals surface area (Å²) in [5, 5.41) is 10.0. The number of amides is 1. The molecule has 2 atom stereocenters. The van der Waals surface area contributed by atoms with Crippen molar-refractivity contribution in [2.75, 3.05) is 36.5 Å². The Kier molecular flexibility index (Phi) is 5.70. The molecule has 0 saturated carbocycles. The van der Waals surface area contributed by atoms with Crippen molar-refractivity contribution in [1.29, 1.82) is 0 Å². The average molecular weight is 446 g/mol. The van der Waals surface area contributed by atoms with Gasteiger partial charge in [-0.25, -0.2) is 14.8 Å². The lowest BCUT2D eigenvalue weighted by molar-refractivity contribution is 0.151. The van der Waals surface area contributed by atoms with Gasteiger partial charge in [0.2, 0.25) is 0 Å². The number of nitrogens with two attached hydrogens (primary N) is 1. The van der Waals surface area contributed by atoms with Gasteiger partial charge in [0.15, 0.2) is 0 Å². The highest BCUT2D eigenvalue weighted by Gasteiger charge is 2.32. The number of rotatable bonds is 5. The monoisotopic (exact) mass is 445 g/mol. The maximum atomic E-state index is 12.9. The first-order chi connectivity index (χ1) is 16.1. The standard InChI is InChI=1S/C25H27N5O3/c1-29(23-11-24(28-15-27-23)30-13-17(31)10-16(30)12-26)25(32)33-14-22-20-8-4-2-6-18(20)19-7-3-5-9-21(19)22/h2-9,11,15-17,22,31H,10,12-14,26H2,1H3/t16-,17-/m1/s1. The molecule has 1 fully saturated rings. The van der Waals surface area contributed by atoms with Gasteiger partial charge in [-0.15, -0.1) is 0 Å². The fraction of sp³-hybridized carbons (Fsp3) is 0.320. The zero-order chi connectivity index (χ0) is 22.9. The van der Waals surface area contributed by atoms with Crippen molar-refractivity contribution in [2.24, 2.45) is 5.73 Å². The average Bonchev–Trinajstić information content (AvgIpc) is 3.39. The SMILES string of the molecule is CN(C(=O)OCC1c2ccccc2-c2ccccc21)c1cc(N2C[C@H](O)C[C@@H]2CN)ncn1. The van der Waals surface area contributed by atoms with Gasteiger partial charge in [0.1, 0.15) is 24.6 Å². The highest BCUT2D eigenvalue weighted by atomic mass is 16.6. The van der Waals surface area contributed by atoms with Crippen molar-refractivity contribution in [3.05, 3.63) is 72.1 Å². The Morgan fingerprint density at radius 1 is 1.15 bits per heavy atom. The molecule has 1 saturated heterocycles. The first-order valence-corrected chi connectivity index (χ1v) is 11.1. The van der Waals surface area contributed by atoms with Crippen LogP contribution in [0.25, 0.3) is 11.1 Å². The van der Waals surface area contributed by atoms with E-state index in [1.807, 2.05) is 29.2 Å². The zero-order valence-corrected chi connectivity index (χ0v) is 18.5. The number of benzene rings is 2. The molecule has 8 heteroatoms. The van der Waals surface area contributed by atoms with Crippen molar-refractivity contribution in [1.82, 2.24) is 9.97 Å². The van der Waals surface area contributed by atoms with Crippen LogP contribution in [-0.2, 0) is 4.74 Å². The summed E-state index contributed by atoms with van der Waals surface area (Å²) in [7, 11) is 1.63. The summed E-state index contributed by atoms with van der Waals surface area (Å²) < 4.78 is 5.73. The lowest BCUT2D eigenvalue weighted by Crippen LogP contribution is -2.36. The number of carbonyl (C=O) groups is 1. The molecule has 5 rings (SSSR count). The number of hydrogen-bond acceptors (Lipinski definition) is 7. The third kappa shape index (κ3) is 3.92. The second-order valence-electron chi connectivity index (χ2n) is 8.53. The van der Waals surface area contributed by atoms with E-state index in [0.717, 1.165) is 0 Å². The summed E-state index contributed by atoms with van der Waals surface area (Å²) in [6.07, 6.45) is 1.07. The molecule has 1 aliphatic carbocycles. The molecule has 0 bridgehead atoms. The Morgan fingerprint density at radius 3 is 2.48 bits per heavy atom. The van der Waals surface area contributed by atoms with Gasteiger partial charge < -0.3 is 20.5 Å². The second kappa shape index (κ2) is 8.80. The highest BCUT2D eigenvalue weighted by Crippen LogP contribution is 2.44. The Labute approximate surface area is 192 Å². The number of β-amino-alcohol motifs (C(OH)–C–C–N with tert-alkyl or cyclic N) is 1. The number of anilines is 2. The van der Waals surface area contributed by atoms with Crippen LogP contribution in [0.3, 0.4) is 0 Å². The van der Waals surface area contributed by atoms with Crippen LogP contribution in [-0.4, -0.2) is 60.1 Å². The van der Waals surface area contributed by atoms with Crippen LogP contribution in [0.1, 0.15) is 23.5 Å². The minimum atomic E-state index is -0.488. The molecule has 8 nitrogen and oxygen atoms in total. The van der Waals surface area contributed by atoms with Crippen LogP contribution in [0.2, 0.25) is 0 Å². The highest BCUT2D eigenvalue weighted by molar-refractivity contribution is 5.86. The number of hydrogen-bond donors (Lipinski definition) is 2. The third-order valence-electron chi connectivity index (χ3n) is 6.55. The van der Waals surface area contributed by atoms with E-state index in [1.165, 1.54) is 33.5 Å². The van der Waals surface area contributed by atoms with E-state index in [1.54, 1.807) is 13.1 Å². The lowest BCUT2D eigenvalue weighted by atomic mass is 9.98. The first kappa shape index (κ1) is 21.4. The maximum absolute atomic E-state index is 12.9. The van der Waals surface area contributed by atoms with Gasteiger partial charge in [-0.05, 0) is 28.7 Å². The zero-order valence-electron chi connectivity index (χ0n) is 18.5. The smallest absolute Gasteiger partial charge is 0.415 e. The van der Waals surface area contributed by atoms with E-state index < -0.39 is 12.2 Å². The van der Waals surface area contributed by atoms with Gasteiger partial charge >= 0.3 is 6.09 Å². The van der Waals surface area contributed by atoms with Crippen LogP contribution >= 0.6 is 0 Å². The van der Waals surface area contributed by atoms with E-state index in [9.17, 15) is 9.90 Å². The number of fused-ring (bicyclic) bond motifs is 3. The van der Waals surface area contributed by atoms with Gasteiger partial charge in [0.05, 0.1) is 6.10 Å². The largest absolute Gasteiger partial charge is 0.448 e. The van der Waals surface area contributed by atoms with Crippen molar-refractivity contribution in [3.8, 4) is 11.1 Å². The lowest BCUT2D eigenvalue weighted by Gasteiger charge is -2.25. The Balaban J connectivity index is 1.31. The van der Waals surface area contributed by atoms with E-state index in [0.29, 0.717) is 31.1 Å². The van der Waals surface area contributed by atoms with Gasteiger partial charge in [-0.2, -0.15) is 0 Å². The molecule has 2 heterocycles. The van der Waals surface area contributed by atoms with Crippen molar-refractivity contribution in [2.45, 2.75) is 24.5 Å². The molecule has 2 aliphatic rings. The van der Waals surface area contributed by atoms with E-state index >= 15 is 0 Å². The van der Waals surface area contributed by atoms with Crippen LogP contribution in [0.5, 0.6) is 0 Å². The fourth-order valence-electron chi connectivity index (χ4n) is 4.86. The Bertz CT molecular complexity index is 1120. The van der Waals surface area contributed by atoms with Crippen molar-refractivity contribution >= 4 is 17.7 Å². The third-order valence-corrected chi connectivity index (χ3v) is 6.55. The minimum Gasteiger partial charge on any atom is -0.448 e. The molecule has 1 aliphatic heterocycles. The number of carbonyl (C=O) groups excluding carboxylic acids is 1. The summed E-state index contributed by atoms with van der Waals surface area (Å²) >= 11 is 0. The summed E-state index contributed by atoms with van der Waals surface area (Å²) in [4.78, 5) is 24.8. The summed E-state index contributed by atoms with van der Waals surface area (Å²) in [5.41, 5.74) is 10.6. The van der Waals surface area contributed by atoms with Crippen molar-refractivity contribution < 1.29 is 14.6 Å². The van der Waals surface area contributed by atoms with Gasteiger partial charge in [0, 0.05) is 38.2 Å². The van der Waals surface area contributed by atoms with Crippen LogP contribution < -0.4 is 15.5 Å². The molecule has 0 unspecified atom stereocenters. The molecule has 170 valence electrons. The van der Waals surface area contributed by atoms with E-state index in [-0.39, 0.29) is 18.6 Å². The molecule has 3 N–H and O–H groups in total. The molecule has 33 heavy (non-hydrogen) atoms. The van der Waals surface area contributed by atoms with E-state index in [4.69, 9.17) is 10.5 Å². The second-order valence-corrected chi connectivity index (χ2v) is 8.53. The normalized spacial score (nSPS) is 19.3. The molecule has 0 spiro atoms. The van der Waals surface area contributed by atoms with Gasteiger partial charge in [-0.3, -0.25) is 4.90 Å². The number of aliphatic hydroxyl groups is 1. The minimum absolute atomic E-state index is 0.00232. The molecular formula is C25H27N5O3. The summed E-state index contributed by atoms with van der Waals surface area (Å²) in [6.45, 7) is 1.11. The predicted octanol–water partition coefficient (Wildman–Crippen LogP) is 2.76. The summed E-state index contributed by atoms with van der Waals surface area (Å²) in [6, 6.07) is 18.2. The Morgan fingerprint density at radius 2 is 1.82 bits per heavy atom. The molecule has 2 aromatic carbocycles. The molecule has 0 radical (unpaired) electrons. The number of aliphatic hydroxyl groups excluding tert-OH is 1. The predicted molar refractivity (Wildman–Crippen MR) is 126 cm³/mol. The summed E-state index contributed by atoms with van der Waals surface area (Å²) in [5.74, 6) is 1.05. The van der Waals surface area contributed by atoms with Gasteiger partial charge in [0.25, 0.3) is 0 Å². The van der Waals surface area contributed by atoms with Crippen LogP contribution in [0.4, 0.5) is 16.4 Å². The van der Waals surface area contributed by atoms with Crippen molar-refractivity contribution in [3.63, 3.8) is 0 Å². The fourth-order valence-corrected chi connectivity index (χ4v) is 4.86. The topological polar surface area (TPSA) is 105 Å². The number of nitrogens with zero attached hydrogens (tertiary/aromatic N) is 4.